The SMILES string of the molecule is CCCCCCOc1ccc(OCCCCCC)c(-c2cc(C#N)c(-c3cc(OCCCCCC)c(-c4cc(C#N)ccc4C#N)cc3OCCCCCC)cc2C#N)c1. The number of nitrogens with zero attached hydrogens (tertiary/aromatic N) is 4. The van der Waals surface area contributed by atoms with Gasteiger partial charge in [0.05, 0.1) is 73.0 Å². The van der Waals surface area contributed by atoms with E-state index in [1.165, 1.54) is 0 Å². The zero-order valence-electron chi connectivity index (χ0n) is 36.3. The van der Waals surface area contributed by atoms with Gasteiger partial charge >= 0.3 is 0 Å². The maximum atomic E-state index is 10.8. The van der Waals surface area contributed by atoms with Crippen LogP contribution in [-0.2, 0) is 0 Å². The second-order valence-corrected chi connectivity index (χ2v) is 15.3. The van der Waals surface area contributed by atoms with Crippen molar-refractivity contribution < 1.29 is 18.9 Å². The summed E-state index contributed by atoms with van der Waals surface area (Å²) in [6.45, 7) is 10.7. The average molecular weight is 807 g/mol. The van der Waals surface area contributed by atoms with Crippen LogP contribution in [0.3, 0.4) is 0 Å². The highest BCUT2D eigenvalue weighted by Crippen LogP contribution is 2.45. The molecule has 0 N–H and O–H groups in total. The molecular formula is C52H62N4O4. The molecule has 0 aliphatic heterocycles. The molecule has 4 rings (SSSR count). The fourth-order valence-corrected chi connectivity index (χ4v) is 7.17. The minimum atomic E-state index is 0.352. The topological polar surface area (TPSA) is 132 Å². The van der Waals surface area contributed by atoms with Crippen molar-refractivity contribution in [3.63, 3.8) is 0 Å². The molecule has 0 saturated carbocycles. The highest BCUT2D eigenvalue weighted by atomic mass is 16.5. The molecular weight excluding hydrogens is 745 g/mol. The van der Waals surface area contributed by atoms with Crippen LogP contribution in [0.1, 0.15) is 153 Å². The summed E-state index contributed by atoms with van der Waals surface area (Å²) in [6, 6.07) is 27.3. The Bertz CT molecular complexity index is 2150. The molecule has 0 spiro atoms. The lowest BCUT2D eigenvalue weighted by Crippen LogP contribution is -2.04. The summed E-state index contributed by atoms with van der Waals surface area (Å²) >= 11 is 0. The van der Waals surface area contributed by atoms with Crippen molar-refractivity contribution in [2.45, 2.75) is 130 Å². The Balaban J connectivity index is 1.92. The number of benzene rings is 4. The van der Waals surface area contributed by atoms with Crippen LogP contribution in [0.15, 0.2) is 60.7 Å². The Hall–Kier alpha value is -5.96. The van der Waals surface area contributed by atoms with Crippen molar-refractivity contribution in [1.82, 2.24) is 0 Å². The fourth-order valence-electron chi connectivity index (χ4n) is 7.17. The van der Waals surface area contributed by atoms with Gasteiger partial charge in [0.15, 0.2) is 0 Å². The van der Waals surface area contributed by atoms with Crippen molar-refractivity contribution in [2.75, 3.05) is 26.4 Å². The van der Waals surface area contributed by atoms with Crippen LogP contribution >= 0.6 is 0 Å². The monoisotopic (exact) mass is 806 g/mol. The molecule has 0 aliphatic rings. The lowest BCUT2D eigenvalue weighted by molar-refractivity contribution is 0.298. The quantitative estimate of drug-likeness (QED) is 0.0544. The third-order valence-electron chi connectivity index (χ3n) is 10.6. The molecule has 314 valence electrons. The summed E-state index contributed by atoms with van der Waals surface area (Å²) in [7, 11) is 0. The van der Waals surface area contributed by atoms with E-state index in [4.69, 9.17) is 18.9 Å². The Morgan fingerprint density at radius 2 is 0.767 bits per heavy atom. The zero-order chi connectivity index (χ0) is 43.0. The van der Waals surface area contributed by atoms with Gasteiger partial charge in [0.1, 0.15) is 23.0 Å². The van der Waals surface area contributed by atoms with E-state index in [1.54, 1.807) is 30.3 Å². The summed E-state index contributed by atoms with van der Waals surface area (Å²) < 4.78 is 25.7. The van der Waals surface area contributed by atoms with Crippen molar-refractivity contribution >= 4 is 0 Å². The van der Waals surface area contributed by atoms with Gasteiger partial charge in [0.2, 0.25) is 0 Å². The van der Waals surface area contributed by atoms with E-state index in [1.807, 2.05) is 30.3 Å². The molecule has 8 nitrogen and oxygen atoms in total. The maximum absolute atomic E-state index is 10.8. The first-order valence-electron chi connectivity index (χ1n) is 22.2. The molecule has 4 aromatic carbocycles. The Morgan fingerprint density at radius 3 is 1.20 bits per heavy atom. The standard InChI is InChI=1S/C52H62N4O4/c1-5-9-13-17-25-57-43-23-24-50(58-26-18-14-10-6-2)47(32-43)45-30-42(38-56)46(31-41(45)37-55)49-34-51(59-27-19-15-11-7-3)48(33-52(49)60-28-20-16-12-8-4)44-29-39(35-53)21-22-40(44)36-54/h21-24,29-34H,5-20,25-28H2,1-4H3. The van der Waals surface area contributed by atoms with E-state index in [-0.39, 0.29) is 0 Å². The molecule has 0 unspecified atom stereocenters. The van der Waals surface area contributed by atoms with Gasteiger partial charge in [-0.05, 0) is 86.3 Å². The number of hydrogen-bond acceptors (Lipinski definition) is 8. The Labute approximate surface area is 359 Å². The number of nitriles is 4. The molecule has 0 amide bonds. The first-order chi connectivity index (χ1) is 29.5. The van der Waals surface area contributed by atoms with Crippen molar-refractivity contribution in [3.05, 3.63) is 82.9 Å². The summed E-state index contributed by atoms with van der Waals surface area (Å²) in [4.78, 5) is 0. The smallest absolute Gasteiger partial charge is 0.128 e. The summed E-state index contributed by atoms with van der Waals surface area (Å²) in [6.07, 6.45) is 16.6. The van der Waals surface area contributed by atoms with Crippen LogP contribution in [0.4, 0.5) is 0 Å². The number of ether oxygens (including phenoxy) is 4. The second kappa shape index (κ2) is 26.2. The molecule has 4 aromatic rings. The van der Waals surface area contributed by atoms with E-state index >= 15 is 0 Å². The first-order valence-corrected chi connectivity index (χ1v) is 22.2. The molecule has 60 heavy (non-hydrogen) atoms. The lowest BCUT2D eigenvalue weighted by atomic mass is 9.89. The van der Waals surface area contributed by atoms with Gasteiger partial charge in [0, 0.05) is 33.4 Å². The van der Waals surface area contributed by atoms with E-state index in [0.717, 1.165) is 103 Å². The van der Waals surface area contributed by atoms with Crippen LogP contribution in [0, 0.1) is 45.3 Å². The molecule has 0 radical (unpaired) electrons. The van der Waals surface area contributed by atoms with Crippen molar-refractivity contribution in [3.8, 4) is 80.7 Å². The fraction of sp³-hybridized carbons (Fsp3) is 0.462. The molecule has 0 aliphatic carbocycles. The van der Waals surface area contributed by atoms with Gasteiger partial charge in [-0.15, -0.1) is 0 Å². The highest BCUT2D eigenvalue weighted by Gasteiger charge is 2.23. The minimum Gasteiger partial charge on any atom is -0.494 e. The van der Waals surface area contributed by atoms with Crippen molar-refractivity contribution in [1.29, 1.82) is 21.0 Å². The van der Waals surface area contributed by atoms with E-state index in [9.17, 15) is 21.0 Å². The second-order valence-electron chi connectivity index (χ2n) is 15.3. The van der Waals surface area contributed by atoms with E-state index in [2.05, 4.69) is 52.0 Å². The summed E-state index contributed by atoms with van der Waals surface area (Å²) in [5.41, 5.74) is 5.12. The maximum Gasteiger partial charge on any atom is 0.128 e. The first kappa shape index (κ1) is 46.7. The molecule has 8 heteroatoms. The van der Waals surface area contributed by atoms with Gasteiger partial charge < -0.3 is 18.9 Å². The Kier molecular flexibility index (Phi) is 20.4. The Morgan fingerprint density at radius 1 is 0.350 bits per heavy atom. The predicted molar refractivity (Wildman–Crippen MR) is 240 cm³/mol. The largest absolute Gasteiger partial charge is 0.494 e. The van der Waals surface area contributed by atoms with E-state index in [0.29, 0.717) is 105 Å². The third kappa shape index (κ3) is 13.5. The number of unbranched alkanes of at least 4 members (excludes halogenated alkanes) is 12. The van der Waals surface area contributed by atoms with Crippen LogP contribution in [0.25, 0.3) is 33.4 Å². The van der Waals surface area contributed by atoms with Crippen molar-refractivity contribution in [2.24, 2.45) is 0 Å². The van der Waals surface area contributed by atoms with Gasteiger partial charge in [-0.3, -0.25) is 0 Å². The lowest BCUT2D eigenvalue weighted by Gasteiger charge is -2.20. The van der Waals surface area contributed by atoms with Crippen LogP contribution < -0.4 is 18.9 Å². The highest BCUT2D eigenvalue weighted by molar-refractivity contribution is 5.89. The van der Waals surface area contributed by atoms with Gasteiger partial charge in [-0.25, -0.2) is 0 Å². The normalized spacial score (nSPS) is 10.6. The van der Waals surface area contributed by atoms with Crippen LogP contribution in [-0.4, -0.2) is 26.4 Å². The summed E-state index contributed by atoms with van der Waals surface area (Å²) in [5.74, 6) is 2.30. The third-order valence-corrected chi connectivity index (χ3v) is 10.6. The van der Waals surface area contributed by atoms with Crippen LogP contribution in [0.2, 0.25) is 0 Å². The molecule has 0 aromatic heterocycles. The molecule has 0 heterocycles. The summed E-state index contributed by atoms with van der Waals surface area (Å²) in [5, 5.41) is 41.6. The van der Waals surface area contributed by atoms with E-state index < -0.39 is 0 Å². The molecule has 0 saturated heterocycles. The predicted octanol–water partition coefficient (Wildman–Crippen LogP) is 14.0. The molecule has 0 atom stereocenters. The zero-order valence-corrected chi connectivity index (χ0v) is 36.3. The van der Waals surface area contributed by atoms with Crippen LogP contribution in [0.5, 0.6) is 23.0 Å². The molecule has 0 bridgehead atoms. The average Bonchev–Trinajstić information content (AvgIpc) is 3.28. The molecule has 0 fully saturated rings. The van der Waals surface area contributed by atoms with Gasteiger partial charge in [-0.2, -0.15) is 21.0 Å². The van der Waals surface area contributed by atoms with Gasteiger partial charge in [0.25, 0.3) is 0 Å². The number of hydrogen-bond donors (Lipinski definition) is 0. The minimum absolute atomic E-state index is 0.352. The number of rotatable bonds is 27. The van der Waals surface area contributed by atoms with Gasteiger partial charge in [-0.1, -0.05) is 105 Å².